The topological polar surface area (TPSA) is 179 Å². The predicted molar refractivity (Wildman–Crippen MR) is 574 cm³/mol. The number of fused-ring (bicyclic) bond motifs is 13. The van der Waals surface area contributed by atoms with Crippen LogP contribution in [0.1, 0.15) is 5.56 Å². The van der Waals surface area contributed by atoms with Crippen LogP contribution in [0.2, 0.25) is 21.1 Å². The first-order chi connectivity index (χ1) is 69.4. The lowest BCUT2D eigenvalue weighted by molar-refractivity contribution is 1.07. The predicted octanol–water partition coefficient (Wildman–Crippen LogP) is 31.5. The van der Waals surface area contributed by atoms with Crippen LogP contribution in [0.5, 0.6) is 0 Å². The summed E-state index contributed by atoms with van der Waals surface area (Å²) in [6.07, 6.45) is 0. The van der Waals surface area contributed by atoms with Crippen molar-refractivity contribution in [1.82, 2.24) is 78.1 Å². The van der Waals surface area contributed by atoms with E-state index in [1.165, 1.54) is 43.6 Å². The maximum Gasteiger partial charge on any atom is 0.226 e. The number of aromatic nitrogens is 16. The number of para-hydroxylation sites is 4. The zero-order chi connectivity index (χ0) is 95.0. The van der Waals surface area contributed by atoms with Crippen LogP contribution < -0.4 is 0 Å². The first-order valence-corrected chi connectivity index (χ1v) is 47.1. The van der Waals surface area contributed by atoms with Crippen LogP contribution in [-0.4, -0.2) is 78.1 Å². The van der Waals surface area contributed by atoms with E-state index in [2.05, 4.69) is 313 Å². The van der Waals surface area contributed by atoms with Crippen LogP contribution in [0.25, 0.3) is 228 Å². The van der Waals surface area contributed by atoms with Crippen LogP contribution in [-0.2, 0) is 0 Å². The molecule has 17 nitrogen and oxygen atoms in total. The number of rotatable bonds is 13. The van der Waals surface area contributed by atoms with Gasteiger partial charge in [-0.25, -0.2) is 24.8 Å². The highest BCUT2D eigenvalue weighted by atomic mass is 35.5. The van der Waals surface area contributed by atoms with Gasteiger partial charge in [0.2, 0.25) is 21.1 Å². The summed E-state index contributed by atoms with van der Waals surface area (Å²) in [7, 11) is 0. The maximum atomic E-state index is 7.53. The fraction of sp³-hybridized carbons (Fsp3) is 0.00833. The molecule has 0 atom stereocenters. The molecule has 21 heteroatoms. The zero-order valence-electron chi connectivity index (χ0n) is 75.2. The minimum absolute atomic E-state index is 0.134. The summed E-state index contributed by atoms with van der Waals surface area (Å²) < 4.78 is 9.10. The van der Waals surface area contributed by atoms with Gasteiger partial charge in [0.25, 0.3) is 0 Å². The normalized spacial score (nSPS) is 11.3. The lowest BCUT2D eigenvalue weighted by atomic mass is 10.0. The van der Waals surface area contributed by atoms with Gasteiger partial charge in [-0.15, -0.1) is 0 Å². The largest absolute Gasteiger partial charge is 0.309 e. The van der Waals surface area contributed by atoms with Crippen LogP contribution in [0.4, 0.5) is 5.69 Å². The molecule has 26 aromatic rings. The summed E-state index contributed by atoms with van der Waals surface area (Å²) in [5, 5.41) is 12.0. The average Bonchev–Trinajstić information content (AvgIpc) is 1.54. The number of hydrogen-bond donors (Lipinski definition) is 0. The standard InChI is InChI=1S/C33H21ClN4.C31H19ClN4.C28H16ClN5.C28H19ClN4/c34-33-36-31(23-12-6-2-7-13-23)35-32(37-33)25-16-18-27-28-20-24(22-10-4-1-5-11-22)17-19-29(28)38(30(27)21-25)26-14-8-3-9-15-26;32-31-34-29(21-9-2-1-3-10-21)33-30(35-31)23-15-17-28-26(19-23)25-12-6-7-13-27(25)36(28)24-16-14-20-8-4-5-11-22(20)18-24;1-30-19-15-16-23-22(17-19)25-21(13-8-14-24(25)34(23)20-11-6-3-7-12-20)27-31-26(32-28(29)33-27)18-9-4-2-5-10-18;1-18-12-14-24-22(16-18)23-17-20(13-15-25(23)33(24)21-10-6-3-7-11-21)27-30-26(31-28(29)32-27)19-8-4-2-5-9-19/h1-21H;1-19H;2-17H;2-17H,1H3. The summed E-state index contributed by atoms with van der Waals surface area (Å²) in [6, 6.07) is 148. The molecule has 0 unspecified atom stereocenters. The van der Waals surface area contributed by atoms with Gasteiger partial charge in [-0.1, -0.05) is 303 Å². The smallest absolute Gasteiger partial charge is 0.226 e. The molecule has 8 aromatic heterocycles. The second-order valence-electron chi connectivity index (χ2n) is 33.7. The minimum Gasteiger partial charge on any atom is -0.309 e. The van der Waals surface area contributed by atoms with Crippen LogP contribution in [0.3, 0.4) is 0 Å². The molecule has 0 fully saturated rings. The lowest BCUT2D eigenvalue weighted by Gasteiger charge is -2.10. The Morgan fingerprint density at radius 1 is 0.199 bits per heavy atom. The van der Waals surface area contributed by atoms with Gasteiger partial charge in [0, 0.05) is 105 Å². The van der Waals surface area contributed by atoms with E-state index in [9.17, 15) is 0 Å². The van der Waals surface area contributed by atoms with Crippen molar-refractivity contribution in [2.75, 3.05) is 0 Å². The Morgan fingerprint density at radius 3 is 1.01 bits per heavy atom. The fourth-order valence-corrected chi connectivity index (χ4v) is 19.2. The molecule has 0 amide bonds. The number of nitrogens with zero attached hydrogens (tertiary/aromatic N) is 17. The van der Waals surface area contributed by atoms with Gasteiger partial charge in [-0.2, -0.15) is 39.9 Å². The fourth-order valence-electron chi connectivity index (χ4n) is 18.6. The summed E-state index contributed by atoms with van der Waals surface area (Å²) in [5.41, 5.74) is 24.4. The Bertz CT molecular complexity index is 9310. The lowest BCUT2D eigenvalue weighted by Crippen LogP contribution is -1.98. The van der Waals surface area contributed by atoms with Crippen LogP contribution in [0, 0.1) is 13.5 Å². The van der Waals surface area contributed by atoms with Crippen molar-refractivity contribution in [3.8, 4) is 125 Å². The van der Waals surface area contributed by atoms with E-state index in [4.69, 9.17) is 72.9 Å². The molecular weight excluding hydrogens is 1820 g/mol. The van der Waals surface area contributed by atoms with Gasteiger partial charge in [0.1, 0.15) is 0 Å². The molecule has 26 rings (SSSR count). The quantitative estimate of drug-likeness (QED) is 0.0999. The molecule has 0 aliphatic heterocycles. The molecule has 0 saturated carbocycles. The minimum atomic E-state index is 0.134. The molecular formula is C120H75Cl4N17. The Balaban J connectivity index is 0.000000105. The van der Waals surface area contributed by atoms with E-state index in [-0.39, 0.29) is 21.1 Å². The van der Waals surface area contributed by atoms with E-state index in [0.29, 0.717) is 52.3 Å². The van der Waals surface area contributed by atoms with Crippen molar-refractivity contribution in [2.24, 2.45) is 0 Å². The van der Waals surface area contributed by atoms with Gasteiger partial charge in [0.15, 0.2) is 52.3 Å². The van der Waals surface area contributed by atoms with Crippen molar-refractivity contribution in [3.63, 3.8) is 0 Å². The van der Waals surface area contributed by atoms with E-state index in [1.54, 1.807) is 0 Å². The van der Waals surface area contributed by atoms with Crippen LogP contribution in [0.15, 0.2) is 437 Å². The van der Waals surface area contributed by atoms with Crippen molar-refractivity contribution in [2.45, 2.75) is 6.92 Å². The number of benzene rings is 18. The molecule has 0 radical (unpaired) electrons. The average molecular weight is 1900 g/mol. The van der Waals surface area contributed by atoms with E-state index in [0.717, 1.165) is 138 Å². The van der Waals surface area contributed by atoms with Crippen molar-refractivity contribution in [3.05, 3.63) is 475 Å². The summed E-state index contributed by atoms with van der Waals surface area (Å²) in [4.78, 5) is 57.9. The molecule has 8 heterocycles. The zero-order valence-corrected chi connectivity index (χ0v) is 78.2. The second-order valence-corrected chi connectivity index (χ2v) is 35.0. The second kappa shape index (κ2) is 38.0. The molecule has 0 bridgehead atoms. The Hall–Kier alpha value is -17.9. The molecule has 0 aliphatic carbocycles. The van der Waals surface area contributed by atoms with Crippen molar-refractivity contribution in [1.29, 1.82) is 0 Å². The summed E-state index contributed by atoms with van der Waals surface area (Å²) in [5.74, 6) is 4.34. The first kappa shape index (κ1) is 87.2. The van der Waals surface area contributed by atoms with E-state index in [1.807, 2.05) is 194 Å². The summed E-state index contributed by atoms with van der Waals surface area (Å²) >= 11 is 25.4. The first-order valence-electron chi connectivity index (χ1n) is 45.6. The summed E-state index contributed by atoms with van der Waals surface area (Å²) in [6.45, 7) is 9.65. The molecule has 0 saturated heterocycles. The Labute approximate surface area is 828 Å². The highest BCUT2D eigenvalue weighted by molar-refractivity contribution is 6.30. The molecule has 141 heavy (non-hydrogen) atoms. The number of hydrogen-bond acceptors (Lipinski definition) is 12. The third kappa shape index (κ3) is 17.3. The third-order valence-electron chi connectivity index (χ3n) is 25.0. The highest BCUT2D eigenvalue weighted by Crippen LogP contribution is 2.44. The molecule has 0 spiro atoms. The molecule has 668 valence electrons. The number of aryl methyl sites for hydroxylation is 1. The Kier molecular flexibility index (Phi) is 23.5. The van der Waals surface area contributed by atoms with Gasteiger partial charge in [-0.05, 0) is 220 Å². The third-order valence-corrected chi connectivity index (χ3v) is 25.7. The van der Waals surface area contributed by atoms with Gasteiger partial charge in [0.05, 0.1) is 50.7 Å². The monoisotopic (exact) mass is 1890 g/mol. The molecule has 0 N–H and O–H groups in total. The van der Waals surface area contributed by atoms with E-state index >= 15 is 0 Å². The van der Waals surface area contributed by atoms with Crippen LogP contribution >= 0.6 is 46.4 Å². The van der Waals surface area contributed by atoms with Gasteiger partial charge >= 0.3 is 0 Å². The maximum absolute atomic E-state index is 7.53. The Morgan fingerprint density at radius 2 is 0.525 bits per heavy atom. The van der Waals surface area contributed by atoms with Crippen molar-refractivity contribution >= 4 is 150 Å². The molecule has 0 aliphatic rings. The number of halogens is 4. The van der Waals surface area contributed by atoms with Crippen molar-refractivity contribution < 1.29 is 0 Å². The SMILES string of the molecule is Cc1ccc2c(c1)c1cc(-c3nc(Cl)nc(-c4ccccc4)n3)ccc1n2-c1ccccc1.Clc1nc(-c2ccccc2)nc(-c2ccc3c(c2)c2ccccc2n3-c2ccc3ccccc3c2)n1.Clc1nc(-c2ccccc2)nc(-c2ccc3c4cc(-c5ccccc5)ccc4n(-c4ccccc4)c3c2)n1.[C-]#[N+]c1ccc2c(c1)c1c(-c3nc(Cl)nc(-c4ccccc4)n3)cccc1n2-c1ccccc1. The van der Waals surface area contributed by atoms with Gasteiger partial charge < -0.3 is 18.3 Å². The molecule has 18 aromatic carbocycles. The van der Waals surface area contributed by atoms with E-state index < -0.39 is 0 Å². The van der Waals surface area contributed by atoms with Gasteiger partial charge in [-0.3, -0.25) is 0 Å². The highest BCUT2D eigenvalue weighted by Gasteiger charge is 2.25.